The third kappa shape index (κ3) is 7.06. The van der Waals surface area contributed by atoms with Crippen LogP contribution in [0.25, 0.3) is 0 Å². The number of aryl methyl sites for hydroxylation is 1. The summed E-state index contributed by atoms with van der Waals surface area (Å²) in [6, 6.07) is 4.26. The third-order valence-corrected chi connectivity index (χ3v) is 5.61. The summed E-state index contributed by atoms with van der Waals surface area (Å²) in [5.74, 6) is 0.106. The Bertz CT molecular complexity index is 741. The minimum atomic E-state index is -0.458. The van der Waals surface area contributed by atoms with Gasteiger partial charge in [0.1, 0.15) is 0 Å². The second kappa shape index (κ2) is 13.6. The first kappa shape index (κ1) is 30.1. The fraction of sp³-hybridized carbons (Fsp3) is 0.704. The van der Waals surface area contributed by atoms with Crippen molar-refractivity contribution in [2.45, 2.75) is 108 Å². The average Bonchev–Trinajstić information content (AvgIpc) is 2.72. The van der Waals surface area contributed by atoms with Gasteiger partial charge in [-0.15, -0.1) is 0 Å². The second-order valence-corrected chi connectivity index (χ2v) is 9.37. The van der Waals surface area contributed by atoms with E-state index in [4.69, 9.17) is 5.73 Å². The molecule has 0 radical (unpaired) electrons. The SMILES string of the molecule is CC.CCC.CC[C@@H](C)N(C(=O)c1cc2c(cc1C)CC(C)(C)C(=O)N2CCN)C(C)C. The molecule has 2 N–H and O–H groups in total. The maximum Gasteiger partial charge on any atom is 0.254 e. The molecule has 2 amide bonds. The number of nitrogens with zero attached hydrogens (tertiary/aromatic N) is 2. The van der Waals surface area contributed by atoms with Crippen LogP contribution in [-0.4, -0.2) is 41.9 Å². The van der Waals surface area contributed by atoms with Crippen molar-refractivity contribution in [1.82, 2.24) is 4.90 Å². The van der Waals surface area contributed by atoms with Gasteiger partial charge < -0.3 is 15.5 Å². The van der Waals surface area contributed by atoms with Gasteiger partial charge in [-0.1, -0.05) is 61.0 Å². The van der Waals surface area contributed by atoms with Gasteiger partial charge in [-0.25, -0.2) is 0 Å². The quantitative estimate of drug-likeness (QED) is 0.585. The first-order valence-corrected chi connectivity index (χ1v) is 12.4. The highest BCUT2D eigenvalue weighted by molar-refractivity contribution is 6.03. The molecule has 1 aliphatic rings. The van der Waals surface area contributed by atoms with Gasteiger partial charge >= 0.3 is 0 Å². The van der Waals surface area contributed by atoms with Crippen LogP contribution in [0.3, 0.4) is 0 Å². The summed E-state index contributed by atoms with van der Waals surface area (Å²) in [6.45, 7) is 23.3. The van der Waals surface area contributed by atoms with E-state index in [0.29, 0.717) is 25.1 Å². The van der Waals surface area contributed by atoms with Crippen molar-refractivity contribution in [2.24, 2.45) is 11.1 Å². The first-order chi connectivity index (χ1) is 15.0. The molecule has 1 atom stereocenters. The number of amides is 2. The average molecular weight is 448 g/mol. The zero-order chi connectivity index (χ0) is 25.2. The Balaban J connectivity index is 0.00000177. The lowest BCUT2D eigenvalue weighted by molar-refractivity contribution is -0.127. The van der Waals surface area contributed by atoms with E-state index in [1.807, 2.05) is 59.4 Å². The van der Waals surface area contributed by atoms with Gasteiger partial charge in [0.15, 0.2) is 0 Å². The Morgan fingerprint density at radius 3 is 2.12 bits per heavy atom. The van der Waals surface area contributed by atoms with E-state index >= 15 is 0 Å². The van der Waals surface area contributed by atoms with Crippen LogP contribution in [0, 0.1) is 12.3 Å². The molecule has 0 aliphatic carbocycles. The fourth-order valence-corrected chi connectivity index (χ4v) is 4.04. The van der Waals surface area contributed by atoms with Crippen molar-refractivity contribution < 1.29 is 9.59 Å². The van der Waals surface area contributed by atoms with Crippen LogP contribution in [0.5, 0.6) is 0 Å². The van der Waals surface area contributed by atoms with Crippen molar-refractivity contribution in [2.75, 3.05) is 18.0 Å². The molecular weight excluding hydrogens is 398 g/mol. The molecule has 32 heavy (non-hydrogen) atoms. The lowest BCUT2D eigenvalue weighted by atomic mass is 9.79. The third-order valence-electron chi connectivity index (χ3n) is 5.61. The van der Waals surface area contributed by atoms with Crippen LogP contribution in [-0.2, 0) is 11.2 Å². The molecule has 5 nitrogen and oxygen atoms in total. The summed E-state index contributed by atoms with van der Waals surface area (Å²) < 4.78 is 0. The van der Waals surface area contributed by atoms with Crippen molar-refractivity contribution in [1.29, 1.82) is 0 Å². The molecule has 0 saturated heterocycles. The van der Waals surface area contributed by atoms with Gasteiger partial charge in [0.2, 0.25) is 5.91 Å². The van der Waals surface area contributed by atoms with Crippen LogP contribution in [0.2, 0.25) is 0 Å². The number of carbonyl (C=O) groups excluding carboxylic acids is 2. The van der Waals surface area contributed by atoms with Gasteiger partial charge in [0, 0.05) is 41.8 Å². The van der Waals surface area contributed by atoms with E-state index in [2.05, 4.69) is 33.8 Å². The summed E-state index contributed by atoms with van der Waals surface area (Å²) in [6.07, 6.45) is 2.83. The van der Waals surface area contributed by atoms with E-state index in [9.17, 15) is 9.59 Å². The predicted molar refractivity (Wildman–Crippen MR) is 138 cm³/mol. The Hall–Kier alpha value is -1.88. The lowest BCUT2D eigenvalue weighted by Crippen LogP contribution is -2.48. The highest BCUT2D eigenvalue weighted by Gasteiger charge is 2.39. The van der Waals surface area contributed by atoms with E-state index in [1.165, 1.54) is 6.42 Å². The van der Waals surface area contributed by atoms with Crippen LogP contribution >= 0.6 is 0 Å². The molecule has 0 unspecified atom stereocenters. The normalized spacial score (nSPS) is 15.2. The second-order valence-electron chi connectivity index (χ2n) is 9.37. The van der Waals surface area contributed by atoms with Crippen LogP contribution < -0.4 is 10.6 Å². The van der Waals surface area contributed by atoms with Crippen molar-refractivity contribution in [3.8, 4) is 0 Å². The maximum absolute atomic E-state index is 13.4. The number of fused-ring (bicyclic) bond motifs is 1. The molecule has 0 fully saturated rings. The molecule has 5 heteroatoms. The number of hydrogen-bond acceptors (Lipinski definition) is 3. The first-order valence-electron chi connectivity index (χ1n) is 12.4. The molecule has 0 bridgehead atoms. The lowest BCUT2D eigenvalue weighted by Gasteiger charge is -2.39. The largest absolute Gasteiger partial charge is 0.334 e. The number of hydrogen-bond donors (Lipinski definition) is 1. The van der Waals surface area contributed by atoms with Crippen molar-refractivity contribution >= 4 is 17.5 Å². The summed E-state index contributed by atoms with van der Waals surface area (Å²) in [7, 11) is 0. The minimum absolute atomic E-state index is 0.0321. The van der Waals surface area contributed by atoms with E-state index in [0.717, 1.165) is 23.2 Å². The summed E-state index contributed by atoms with van der Waals surface area (Å²) in [5, 5.41) is 0. The molecule has 1 aromatic carbocycles. The summed E-state index contributed by atoms with van der Waals surface area (Å²) in [5.41, 5.74) is 8.91. The van der Waals surface area contributed by atoms with Crippen LogP contribution in [0.1, 0.15) is 104 Å². The molecule has 1 aliphatic heterocycles. The number of rotatable bonds is 6. The zero-order valence-electron chi connectivity index (χ0n) is 22.6. The number of benzene rings is 1. The smallest absolute Gasteiger partial charge is 0.254 e. The van der Waals surface area contributed by atoms with E-state index in [1.54, 1.807) is 4.90 Å². The van der Waals surface area contributed by atoms with Crippen LogP contribution in [0.4, 0.5) is 5.69 Å². The van der Waals surface area contributed by atoms with Gasteiger partial charge in [0.05, 0.1) is 0 Å². The van der Waals surface area contributed by atoms with Crippen molar-refractivity contribution in [3.63, 3.8) is 0 Å². The molecule has 184 valence electrons. The molecule has 1 aromatic rings. The standard InChI is InChI=1S/C22H35N3O2.C3H8.C2H6/c1-8-16(5)25(14(2)3)20(26)18-12-19-17(11-15(18)4)13-22(6,7)21(27)24(19)10-9-23;1-3-2;1-2/h11-12,14,16H,8-10,13,23H2,1-7H3;3H2,1-2H3;1-2H3/t16-;;/m1../s1. The van der Waals surface area contributed by atoms with Gasteiger partial charge in [-0.3, -0.25) is 9.59 Å². The molecule has 2 rings (SSSR count). The Morgan fingerprint density at radius 1 is 1.16 bits per heavy atom. The fourth-order valence-electron chi connectivity index (χ4n) is 4.04. The highest BCUT2D eigenvalue weighted by Crippen LogP contribution is 2.39. The van der Waals surface area contributed by atoms with Crippen molar-refractivity contribution in [3.05, 3.63) is 28.8 Å². The number of nitrogens with two attached hydrogens (primary N) is 1. The molecular formula is C27H49N3O2. The number of anilines is 1. The summed E-state index contributed by atoms with van der Waals surface area (Å²) >= 11 is 0. The van der Waals surface area contributed by atoms with E-state index in [-0.39, 0.29) is 23.9 Å². The monoisotopic (exact) mass is 447 g/mol. The Kier molecular flexibility index (Phi) is 12.8. The Morgan fingerprint density at radius 2 is 1.69 bits per heavy atom. The topological polar surface area (TPSA) is 66.6 Å². The molecule has 0 aromatic heterocycles. The Labute approximate surface area is 197 Å². The summed E-state index contributed by atoms with van der Waals surface area (Å²) in [4.78, 5) is 30.0. The maximum atomic E-state index is 13.4. The number of carbonyl (C=O) groups is 2. The predicted octanol–water partition coefficient (Wildman–Crippen LogP) is 5.96. The molecule has 0 saturated carbocycles. The van der Waals surface area contributed by atoms with Gasteiger partial charge in [-0.2, -0.15) is 0 Å². The van der Waals surface area contributed by atoms with Gasteiger partial charge in [-0.05, 0) is 57.7 Å². The minimum Gasteiger partial charge on any atom is -0.334 e. The molecule has 0 spiro atoms. The zero-order valence-corrected chi connectivity index (χ0v) is 22.6. The molecule has 1 heterocycles. The van der Waals surface area contributed by atoms with Crippen LogP contribution in [0.15, 0.2) is 12.1 Å². The van der Waals surface area contributed by atoms with Gasteiger partial charge in [0.25, 0.3) is 5.91 Å². The van der Waals surface area contributed by atoms with E-state index < -0.39 is 5.41 Å². The highest BCUT2D eigenvalue weighted by atomic mass is 16.2.